The van der Waals surface area contributed by atoms with Gasteiger partial charge in [-0.3, -0.25) is 4.79 Å². The Kier molecular flexibility index (Phi) is 3.61. The lowest BCUT2D eigenvalue weighted by Gasteiger charge is -2.14. The Morgan fingerprint density at radius 1 is 1.05 bits per heavy atom. The molecule has 0 atom stereocenters. The van der Waals surface area contributed by atoms with E-state index in [4.69, 9.17) is 0 Å². The molecule has 0 saturated heterocycles. The number of aromatic nitrogens is 1. The normalized spacial score (nSPS) is 12.1. The van der Waals surface area contributed by atoms with Crippen LogP contribution in [0.2, 0.25) is 0 Å². The number of rotatable bonds is 2. The van der Waals surface area contributed by atoms with Crippen molar-refractivity contribution in [3.63, 3.8) is 0 Å². The highest BCUT2D eigenvalue weighted by Gasteiger charge is 2.21. The quantitative estimate of drug-likeness (QED) is 0.794. The largest absolute Gasteiger partial charge is 0.315 e. The van der Waals surface area contributed by atoms with Crippen LogP contribution in [0.3, 0.4) is 0 Å². The van der Waals surface area contributed by atoms with Gasteiger partial charge in [-0.25, -0.2) is 0 Å². The van der Waals surface area contributed by atoms with Gasteiger partial charge in [0, 0.05) is 22.3 Å². The van der Waals surface area contributed by atoms with Crippen molar-refractivity contribution in [2.24, 2.45) is 7.05 Å². The first kappa shape index (κ1) is 14.3. The minimum atomic E-state index is 0.151. The van der Waals surface area contributed by atoms with Gasteiger partial charge in [-0.2, -0.15) is 0 Å². The van der Waals surface area contributed by atoms with Gasteiger partial charge in [-0.1, -0.05) is 27.7 Å². The lowest BCUT2D eigenvalue weighted by atomic mass is 9.98. The fraction of sp³-hybridized carbons (Fsp3) is 0.562. The summed E-state index contributed by atoms with van der Waals surface area (Å²) in [6.45, 7) is 13.0. The number of fused-ring (bicyclic) bond motifs is 1. The number of pyridine rings is 1. The zero-order valence-electron chi connectivity index (χ0n) is 12.9. The molecule has 2 nitrogen and oxygen atoms in total. The SMILES string of the molecule is Cc1c(C(C)C)sc2c(C(C)C)c(C)n(C)c(=O)c12. The van der Waals surface area contributed by atoms with Gasteiger partial charge in [-0.05, 0) is 36.8 Å². The molecule has 104 valence electrons. The third-order valence-corrected chi connectivity index (χ3v) is 5.57. The Morgan fingerprint density at radius 3 is 2.11 bits per heavy atom. The number of thiophene rings is 1. The highest BCUT2D eigenvalue weighted by atomic mass is 32.1. The highest BCUT2D eigenvalue weighted by molar-refractivity contribution is 7.19. The molecule has 19 heavy (non-hydrogen) atoms. The summed E-state index contributed by atoms with van der Waals surface area (Å²) in [6, 6.07) is 0. The molecule has 0 aliphatic rings. The summed E-state index contributed by atoms with van der Waals surface area (Å²) < 4.78 is 3.01. The third kappa shape index (κ3) is 2.04. The third-order valence-electron chi connectivity index (χ3n) is 3.94. The Morgan fingerprint density at radius 2 is 1.63 bits per heavy atom. The second kappa shape index (κ2) is 4.78. The molecule has 0 radical (unpaired) electrons. The van der Waals surface area contributed by atoms with Crippen LogP contribution in [-0.4, -0.2) is 4.57 Å². The summed E-state index contributed by atoms with van der Waals surface area (Å²) in [5.74, 6) is 0.912. The molecule has 0 fully saturated rings. The molecule has 0 aliphatic carbocycles. The van der Waals surface area contributed by atoms with Crippen LogP contribution in [0.25, 0.3) is 10.1 Å². The number of hydrogen-bond donors (Lipinski definition) is 0. The lowest BCUT2D eigenvalue weighted by molar-refractivity contribution is 0.775. The first-order chi connectivity index (χ1) is 8.77. The molecule has 0 amide bonds. The molecule has 2 heterocycles. The van der Waals surface area contributed by atoms with Crippen molar-refractivity contribution in [1.29, 1.82) is 0 Å². The van der Waals surface area contributed by atoms with Gasteiger partial charge in [0.1, 0.15) is 0 Å². The molecule has 0 spiro atoms. The fourth-order valence-corrected chi connectivity index (χ4v) is 4.42. The highest BCUT2D eigenvalue weighted by Crippen LogP contribution is 2.38. The molecule has 2 rings (SSSR count). The Balaban J connectivity index is 3.04. The molecule has 3 heteroatoms. The van der Waals surface area contributed by atoms with Gasteiger partial charge in [0.15, 0.2) is 0 Å². The molecule has 2 aromatic rings. The second-order valence-corrected chi connectivity index (χ2v) is 7.02. The van der Waals surface area contributed by atoms with E-state index in [2.05, 4.69) is 41.5 Å². The summed E-state index contributed by atoms with van der Waals surface area (Å²) in [7, 11) is 1.88. The average molecular weight is 277 g/mol. The predicted octanol–water partition coefficient (Wildman–Crippen LogP) is 4.46. The predicted molar refractivity (Wildman–Crippen MR) is 84.7 cm³/mol. The topological polar surface area (TPSA) is 22.0 Å². The van der Waals surface area contributed by atoms with Crippen LogP contribution in [0.4, 0.5) is 0 Å². The molecule has 0 bridgehead atoms. The zero-order valence-corrected chi connectivity index (χ0v) is 13.7. The average Bonchev–Trinajstić information content (AvgIpc) is 2.64. The molecule has 0 N–H and O–H groups in total. The van der Waals surface area contributed by atoms with Gasteiger partial charge in [0.25, 0.3) is 5.56 Å². The molecule has 2 aromatic heterocycles. The van der Waals surface area contributed by atoms with Crippen molar-refractivity contribution in [3.8, 4) is 0 Å². The Hall–Kier alpha value is -1.09. The van der Waals surface area contributed by atoms with Crippen LogP contribution in [0.1, 0.15) is 61.2 Å². The summed E-state index contributed by atoms with van der Waals surface area (Å²) in [5, 5.41) is 0.936. The number of hydrogen-bond acceptors (Lipinski definition) is 2. The van der Waals surface area contributed by atoms with E-state index < -0.39 is 0 Å². The van der Waals surface area contributed by atoms with Crippen molar-refractivity contribution < 1.29 is 0 Å². The van der Waals surface area contributed by atoms with Crippen LogP contribution in [0.5, 0.6) is 0 Å². The number of aryl methyl sites for hydroxylation is 1. The molecule has 0 aliphatic heterocycles. The van der Waals surface area contributed by atoms with Crippen molar-refractivity contribution >= 4 is 21.4 Å². The minimum absolute atomic E-state index is 0.151. The van der Waals surface area contributed by atoms with Gasteiger partial charge >= 0.3 is 0 Å². The van der Waals surface area contributed by atoms with E-state index in [1.807, 2.05) is 23.0 Å². The van der Waals surface area contributed by atoms with Crippen LogP contribution >= 0.6 is 11.3 Å². The van der Waals surface area contributed by atoms with Crippen molar-refractivity contribution in [1.82, 2.24) is 4.57 Å². The summed E-state index contributed by atoms with van der Waals surface area (Å²) in [4.78, 5) is 13.9. The Labute approximate surface area is 119 Å². The van der Waals surface area contributed by atoms with E-state index in [-0.39, 0.29) is 5.56 Å². The number of nitrogens with zero attached hydrogens (tertiary/aromatic N) is 1. The fourth-order valence-electron chi connectivity index (χ4n) is 2.87. The van der Waals surface area contributed by atoms with Crippen LogP contribution < -0.4 is 5.56 Å². The maximum atomic E-state index is 12.6. The molecule has 0 aromatic carbocycles. The molecule has 0 saturated carbocycles. The minimum Gasteiger partial charge on any atom is -0.315 e. The van der Waals surface area contributed by atoms with Crippen molar-refractivity contribution in [2.75, 3.05) is 0 Å². The van der Waals surface area contributed by atoms with Crippen LogP contribution in [-0.2, 0) is 7.05 Å². The van der Waals surface area contributed by atoms with Gasteiger partial charge in [0.2, 0.25) is 0 Å². The van der Waals surface area contributed by atoms with E-state index in [1.54, 1.807) is 0 Å². The van der Waals surface area contributed by atoms with E-state index in [0.717, 1.165) is 11.1 Å². The van der Waals surface area contributed by atoms with Gasteiger partial charge < -0.3 is 4.57 Å². The van der Waals surface area contributed by atoms with E-state index >= 15 is 0 Å². The maximum Gasteiger partial charge on any atom is 0.259 e. The Bertz CT molecular complexity index is 689. The zero-order chi connectivity index (χ0) is 14.5. The van der Waals surface area contributed by atoms with Crippen molar-refractivity contribution in [2.45, 2.75) is 53.4 Å². The maximum absolute atomic E-state index is 12.6. The van der Waals surface area contributed by atoms with Crippen LogP contribution in [0.15, 0.2) is 4.79 Å². The molecule has 0 unspecified atom stereocenters. The summed E-state index contributed by atoms with van der Waals surface area (Å²) in [5.41, 5.74) is 3.76. The van der Waals surface area contributed by atoms with Crippen molar-refractivity contribution in [3.05, 3.63) is 32.1 Å². The molecular weight excluding hydrogens is 254 g/mol. The first-order valence-electron chi connectivity index (χ1n) is 6.89. The lowest BCUT2D eigenvalue weighted by Crippen LogP contribution is -2.21. The van der Waals surface area contributed by atoms with Crippen LogP contribution in [0, 0.1) is 13.8 Å². The smallest absolute Gasteiger partial charge is 0.259 e. The van der Waals surface area contributed by atoms with Gasteiger partial charge in [0.05, 0.1) is 5.39 Å². The molecular formula is C16H23NOS. The first-order valence-corrected chi connectivity index (χ1v) is 7.71. The summed E-state index contributed by atoms with van der Waals surface area (Å²) in [6.07, 6.45) is 0. The van der Waals surface area contributed by atoms with E-state index in [1.165, 1.54) is 20.7 Å². The van der Waals surface area contributed by atoms with E-state index in [0.29, 0.717) is 11.8 Å². The second-order valence-electron chi connectivity index (χ2n) is 5.97. The van der Waals surface area contributed by atoms with Gasteiger partial charge in [-0.15, -0.1) is 11.3 Å². The van der Waals surface area contributed by atoms with E-state index in [9.17, 15) is 4.79 Å². The summed E-state index contributed by atoms with van der Waals surface area (Å²) >= 11 is 1.81. The monoisotopic (exact) mass is 277 g/mol. The standard InChI is InChI=1S/C16H23NOS/c1-8(2)12-11(6)17(7)16(18)13-10(5)14(9(3)4)19-15(12)13/h8-9H,1-7H3.